The summed E-state index contributed by atoms with van der Waals surface area (Å²) >= 11 is 1.04. The quantitative estimate of drug-likeness (QED) is 0.253. The Balaban J connectivity index is 1.42. The number of aliphatic carboxylic acids is 1. The smallest absolute Gasteiger partial charge is 0.387 e. The molecule has 15 heteroatoms. The summed E-state index contributed by atoms with van der Waals surface area (Å²) < 4.78 is 66.3. The fourth-order valence-corrected chi connectivity index (χ4v) is 7.83. The van der Waals surface area contributed by atoms with Crippen LogP contribution in [0.5, 0.6) is 5.75 Å². The normalized spacial score (nSPS) is 22.6. The Hall–Kier alpha value is -3.95. The van der Waals surface area contributed by atoms with Crippen molar-refractivity contribution in [2.24, 2.45) is 0 Å². The molecule has 0 spiro atoms. The van der Waals surface area contributed by atoms with Gasteiger partial charge in [0.2, 0.25) is 5.89 Å². The van der Waals surface area contributed by atoms with Crippen molar-refractivity contribution in [3.63, 3.8) is 0 Å². The molecule has 1 saturated carbocycles. The Labute approximate surface area is 256 Å². The van der Waals surface area contributed by atoms with E-state index in [0.29, 0.717) is 23.3 Å². The Kier molecular flexibility index (Phi) is 7.36. The van der Waals surface area contributed by atoms with Gasteiger partial charge in [0.05, 0.1) is 41.3 Å². The number of thiophene rings is 1. The molecule has 2 bridgehead atoms. The van der Waals surface area contributed by atoms with Gasteiger partial charge >= 0.3 is 18.3 Å². The monoisotopic (exact) mass is 647 g/mol. The van der Waals surface area contributed by atoms with Gasteiger partial charge in [0, 0.05) is 5.56 Å². The number of aryl methyl sites for hydroxylation is 1. The van der Waals surface area contributed by atoms with Crippen molar-refractivity contribution in [3.8, 4) is 16.5 Å². The van der Waals surface area contributed by atoms with E-state index in [-0.39, 0.29) is 59.0 Å². The molecule has 11 nitrogen and oxygen atoms in total. The van der Waals surface area contributed by atoms with Gasteiger partial charge in [0.15, 0.2) is 0 Å². The molecule has 7 rings (SSSR count). The van der Waals surface area contributed by atoms with Crippen LogP contribution in [0.3, 0.4) is 0 Å². The number of rotatable bonds is 10. The zero-order chi connectivity index (χ0) is 31.6. The van der Waals surface area contributed by atoms with E-state index in [9.17, 15) is 32.7 Å². The molecule has 1 aliphatic carbocycles. The first-order valence-corrected chi connectivity index (χ1v) is 15.3. The fraction of sp³-hybridized carbons (Fsp3) is 0.467. The number of halogens is 3. The molecule has 5 heterocycles. The third-order valence-corrected chi connectivity index (χ3v) is 10.2. The lowest BCUT2D eigenvalue weighted by molar-refractivity contribution is -0.142. The molecule has 1 aromatic carbocycles. The Morgan fingerprint density at radius 3 is 2.58 bits per heavy atom. The first kappa shape index (κ1) is 29.7. The number of alkyl halides is 2. The summed E-state index contributed by atoms with van der Waals surface area (Å²) in [5.41, 5.74) is -3.06. The number of ether oxygens (including phenoxy) is 3. The molecule has 2 aliphatic heterocycles. The summed E-state index contributed by atoms with van der Waals surface area (Å²) in [5.74, 6) is -2.20. The maximum Gasteiger partial charge on any atom is 0.387 e. The molecular weight excluding hydrogens is 619 g/mol. The minimum atomic E-state index is -3.22. The maximum atomic E-state index is 14.7. The molecule has 0 radical (unpaired) electrons. The highest BCUT2D eigenvalue weighted by atomic mass is 32.1. The van der Waals surface area contributed by atoms with Crippen LogP contribution in [0, 0.1) is 12.7 Å². The molecular formula is C30H28F3N3O8S. The third-order valence-electron chi connectivity index (χ3n) is 8.88. The topological polar surface area (TPSA) is 135 Å². The van der Waals surface area contributed by atoms with Crippen molar-refractivity contribution < 1.29 is 41.7 Å². The Bertz CT molecular complexity index is 1890. The van der Waals surface area contributed by atoms with Gasteiger partial charge in [0.25, 0.3) is 5.56 Å². The van der Waals surface area contributed by atoms with Crippen LogP contribution in [0.25, 0.3) is 21.0 Å². The van der Waals surface area contributed by atoms with Crippen LogP contribution in [0.2, 0.25) is 0 Å². The van der Waals surface area contributed by atoms with Crippen molar-refractivity contribution in [1.82, 2.24) is 14.1 Å². The van der Waals surface area contributed by atoms with E-state index in [1.54, 1.807) is 6.92 Å². The predicted octanol–water partition coefficient (Wildman–Crippen LogP) is 4.97. The average Bonchev–Trinajstić information content (AvgIpc) is 3.28. The fourth-order valence-electron chi connectivity index (χ4n) is 6.58. The molecule has 3 atom stereocenters. The van der Waals surface area contributed by atoms with E-state index in [1.807, 2.05) is 0 Å². The summed E-state index contributed by atoms with van der Waals surface area (Å²) in [5, 5.41) is 10.2. The Morgan fingerprint density at radius 2 is 1.96 bits per heavy atom. The molecule has 3 fully saturated rings. The van der Waals surface area contributed by atoms with E-state index in [0.717, 1.165) is 46.9 Å². The van der Waals surface area contributed by atoms with Crippen molar-refractivity contribution in [2.75, 3.05) is 0 Å². The zero-order valence-corrected chi connectivity index (χ0v) is 24.7. The van der Waals surface area contributed by atoms with Gasteiger partial charge in [-0.15, -0.1) is 11.3 Å². The molecule has 238 valence electrons. The minimum absolute atomic E-state index is 0.0522. The lowest BCUT2D eigenvalue weighted by Crippen LogP contribution is -2.49. The van der Waals surface area contributed by atoms with Crippen LogP contribution >= 0.6 is 11.3 Å². The van der Waals surface area contributed by atoms with E-state index in [4.69, 9.17) is 18.6 Å². The number of benzene rings is 1. The highest BCUT2D eigenvalue weighted by molar-refractivity contribution is 7.22. The number of carboxylic acids is 1. The third kappa shape index (κ3) is 5.16. The van der Waals surface area contributed by atoms with Crippen molar-refractivity contribution in [2.45, 2.75) is 88.6 Å². The van der Waals surface area contributed by atoms with E-state index in [2.05, 4.69) is 4.98 Å². The van der Waals surface area contributed by atoms with Gasteiger partial charge in [-0.1, -0.05) is 0 Å². The van der Waals surface area contributed by atoms with Crippen LogP contribution in [0.4, 0.5) is 13.2 Å². The predicted molar refractivity (Wildman–Crippen MR) is 153 cm³/mol. The average molecular weight is 648 g/mol. The van der Waals surface area contributed by atoms with Gasteiger partial charge < -0.3 is 23.7 Å². The number of nitrogens with zero attached hydrogens (tertiary/aromatic N) is 3. The molecule has 0 amide bonds. The van der Waals surface area contributed by atoms with Gasteiger partial charge in [-0.3, -0.25) is 9.36 Å². The number of carbonyl (C=O) groups is 1. The number of aromatic nitrogens is 3. The summed E-state index contributed by atoms with van der Waals surface area (Å²) in [6, 6.07) is 3.07. The second-order valence-electron chi connectivity index (χ2n) is 11.7. The molecule has 4 aromatic rings. The molecule has 3 aliphatic rings. The first-order valence-electron chi connectivity index (χ1n) is 14.5. The second-order valence-corrected chi connectivity index (χ2v) is 12.7. The molecule has 2 saturated heterocycles. The standard InChI is InChI=1S/C30H28F3N3O8S/c1-14-22-25(37)36(30(6-7-30)27(38)39)29(40)35(26(22)45-23(14)24-34-8-9-41-24)13-21(43-18-11-16-3-4-17(12-18)42-16)19-10-15(31)2-5-20(19)44-28(32)33/h2,5,8-10,16-18,21,28H,3-4,6-7,11-13H2,1H3,(H,38,39)/t16-,17-,21+/m1/s1. The maximum absolute atomic E-state index is 14.7. The number of fused-ring (bicyclic) bond motifs is 3. The molecule has 45 heavy (non-hydrogen) atoms. The van der Waals surface area contributed by atoms with Gasteiger partial charge in [-0.05, 0) is 69.2 Å². The number of oxazole rings is 1. The van der Waals surface area contributed by atoms with Crippen LogP contribution in [0.15, 0.2) is 44.7 Å². The van der Waals surface area contributed by atoms with Crippen molar-refractivity contribution >= 4 is 27.5 Å². The first-order chi connectivity index (χ1) is 21.6. The lowest BCUT2D eigenvalue weighted by Gasteiger charge is -2.32. The van der Waals surface area contributed by atoms with Crippen molar-refractivity contribution in [1.29, 1.82) is 0 Å². The van der Waals surface area contributed by atoms with Crippen LogP contribution in [-0.4, -0.2) is 50.1 Å². The van der Waals surface area contributed by atoms with Crippen LogP contribution < -0.4 is 16.0 Å². The highest BCUT2D eigenvalue weighted by Gasteiger charge is 2.55. The summed E-state index contributed by atoms with van der Waals surface area (Å²) in [7, 11) is 0. The van der Waals surface area contributed by atoms with Crippen LogP contribution in [0.1, 0.15) is 55.8 Å². The van der Waals surface area contributed by atoms with Gasteiger partial charge in [-0.2, -0.15) is 8.78 Å². The molecule has 1 N–H and O–H groups in total. The molecule has 3 aromatic heterocycles. The number of carboxylic acid groups (broad SMARTS) is 1. The van der Waals surface area contributed by atoms with E-state index >= 15 is 0 Å². The van der Waals surface area contributed by atoms with E-state index < -0.39 is 47.4 Å². The summed E-state index contributed by atoms with van der Waals surface area (Å²) in [6.07, 6.45) is 3.88. The number of hydrogen-bond donors (Lipinski definition) is 1. The summed E-state index contributed by atoms with van der Waals surface area (Å²) in [4.78, 5) is 45.3. The summed E-state index contributed by atoms with van der Waals surface area (Å²) in [6.45, 7) is -1.95. The van der Waals surface area contributed by atoms with Gasteiger partial charge in [0.1, 0.15) is 34.3 Å². The Morgan fingerprint density at radius 1 is 1.22 bits per heavy atom. The minimum Gasteiger partial charge on any atom is -0.479 e. The largest absolute Gasteiger partial charge is 0.479 e. The zero-order valence-electron chi connectivity index (χ0n) is 23.9. The van der Waals surface area contributed by atoms with Crippen molar-refractivity contribution in [3.05, 3.63) is 68.4 Å². The lowest BCUT2D eigenvalue weighted by atomic mass is 10.0. The SMILES string of the molecule is Cc1c(-c2ncco2)sc2c1c(=O)n(C1(C(=O)O)CC1)c(=O)n2C[C@H](OC1C[C@H]2CC[C@H](C1)O2)c1cc(F)ccc1OC(F)F. The highest BCUT2D eigenvalue weighted by Crippen LogP contribution is 2.44. The number of hydrogen-bond acceptors (Lipinski definition) is 9. The second kappa shape index (κ2) is 11.1. The van der Waals surface area contributed by atoms with E-state index in [1.165, 1.54) is 17.0 Å². The van der Waals surface area contributed by atoms with Crippen LogP contribution in [-0.2, 0) is 26.4 Å². The molecule has 0 unspecified atom stereocenters. The van der Waals surface area contributed by atoms with Gasteiger partial charge in [-0.25, -0.2) is 23.5 Å².